The van der Waals surface area contributed by atoms with Crippen LogP contribution in [0.5, 0.6) is 0 Å². The summed E-state index contributed by atoms with van der Waals surface area (Å²) in [5, 5.41) is 8.97. The van der Waals surface area contributed by atoms with Gasteiger partial charge in [0.25, 0.3) is 0 Å². The number of thioether (sulfide) groups is 1. The molecule has 1 saturated carbocycles. The highest BCUT2D eigenvalue weighted by atomic mass is 32.2. The minimum atomic E-state index is 0.164. The van der Waals surface area contributed by atoms with Crippen molar-refractivity contribution in [1.29, 1.82) is 0 Å². The van der Waals surface area contributed by atoms with Gasteiger partial charge in [-0.3, -0.25) is 4.79 Å². The van der Waals surface area contributed by atoms with E-state index in [0.717, 1.165) is 25.0 Å². The number of amides is 1. The fourth-order valence-corrected chi connectivity index (χ4v) is 3.39. The molecule has 3 nitrogen and oxygen atoms in total. The average molecular weight is 307 g/mol. The maximum Gasteiger partial charge on any atom is 0.232 e. The van der Waals surface area contributed by atoms with Crippen molar-refractivity contribution in [2.75, 3.05) is 24.7 Å². The second kappa shape index (κ2) is 9.11. The van der Waals surface area contributed by atoms with Gasteiger partial charge in [-0.25, -0.2) is 0 Å². The Morgan fingerprint density at radius 2 is 2.05 bits per heavy atom. The lowest BCUT2D eigenvalue weighted by molar-refractivity contribution is -0.132. The molecule has 1 N–H and O–H groups in total. The second-order valence-electron chi connectivity index (χ2n) is 5.54. The molecule has 116 valence electrons. The SMILES string of the molecule is O=C(CSCCc1ccccc1)N(CCCO)C1CCC1. The summed E-state index contributed by atoms with van der Waals surface area (Å²) in [7, 11) is 0. The first-order valence-corrected chi connectivity index (χ1v) is 8.98. The van der Waals surface area contributed by atoms with Crippen LogP contribution in [-0.4, -0.2) is 46.6 Å². The molecule has 2 rings (SSSR count). The van der Waals surface area contributed by atoms with E-state index < -0.39 is 0 Å². The Hall–Kier alpha value is -1.00. The topological polar surface area (TPSA) is 40.5 Å². The van der Waals surface area contributed by atoms with Gasteiger partial charge in [0.1, 0.15) is 0 Å². The smallest absolute Gasteiger partial charge is 0.232 e. The number of aryl methyl sites for hydroxylation is 1. The maximum atomic E-state index is 12.3. The summed E-state index contributed by atoms with van der Waals surface area (Å²) in [6.07, 6.45) is 5.20. The lowest BCUT2D eigenvalue weighted by atomic mass is 9.91. The van der Waals surface area contributed by atoms with E-state index in [2.05, 4.69) is 24.3 Å². The van der Waals surface area contributed by atoms with Crippen LogP contribution in [0.1, 0.15) is 31.2 Å². The van der Waals surface area contributed by atoms with Crippen molar-refractivity contribution in [3.8, 4) is 0 Å². The quantitative estimate of drug-likeness (QED) is 0.713. The number of hydrogen-bond acceptors (Lipinski definition) is 3. The summed E-state index contributed by atoms with van der Waals surface area (Å²) >= 11 is 1.72. The molecule has 1 aliphatic carbocycles. The molecule has 4 heteroatoms. The number of carbonyl (C=O) groups excluding carboxylic acids is 1. The van der Waals surface area contributed by atoms with Gasteiger partial charge >= 0.3 is 0 Å². The monoisotopic (exact) mass is 307 g/mol. The zero-order valence-corrected chi connectivity index (χ0v) is 13.4. The second-order valence-corrected chi connectivity index (χ2v) is 6.64. The first-order valence-electron chi connectivity index (χ1n) is 7.83. The van der Waals surface area contributed by atoms with Crippen LogP contribution in [0.4, 0.5) is 0 Å². The van der Waals surface area contributed by atoms with E-state index in [-0.39, 0.29) is 12.5 Å². The van der Waals surface area contributed by atoms with Crippen molar-refractivity contribution in [1.82, 2.24) is 4.90 Å². The lowest BCUT2D eigenvalue weighted by Crippen LogP contribution is -2.45. The van der Waals surface area contributed by atoms with Crippen LogP contribution in [-0.2, 0) is 11.2 Å². The van der Waals surface area contributed by atoms with Gasteiger partial charge in [-0.1, -0.05) is 30.3 Å². The van der Waals surface area contributed by atoms with Crippen molar-refractivity contribution in [3.05, 3.63) is 35.9 Å². The van der Waals surface area contributed by atoms with Gasteiger partial charge in [0.15, 0.2) is 0 Å². The summed E-state index contributed by atoms with van der Waals surface area (Å²) in [5.41, 5.74) is 1.33. The molecule has 0 aliphatic heterocycles. The van der Waals surface area contributed by atoms with E-state index in [4.69, 9.17) is 5.11 Å². The van der Waals surface area contributed by atoms with Crippen molar-refractivity contribution in [3.63, 3.8) is 0 Å². The van der Waals surface area contributed by atoms with Gasteiger partial charge in [-0.15, -0.1) is 0 Å². The highest BCUT2D eigenvalue weighted by molar-refractivity contribution is 7.99. The third-order valence-corrected chi connectivity index (χ3v) is 4.94. The fourth-order valence-electron chi connectivity index (χ4n) is 2.53. The number of rotatable bonds is 9. The van der Waals surface area contributed by atoms with Gasteiger partial charge in [0.2, 0.25) is 5.91 Å². The highest BCUT2D eigenvalue weighted by Gasteiger charge is 2.27. The molecule has 1 aromatic carbocycles. The van der Waals surface area contributed by atoms with E-state index in [1.165, 1.54) is 12.0 Å². The molecule has 0 aromatic heterocycles. The number of benzene rings is 1. The largest absolute Gasteiger partial charge is 0.396 e. The number of aliphatic hydroxyl groups is 1. The molecule has 1 fully saturated rings. The Morgan fingerprint density at radius 3 is 2.67 bits per heavy atom. The number of nitrogens with zero attached hydrogens (tertiary/aromatic N) is 1. The van der Waals surface area contributed by atoms with Gasteiger partial charge in [-0.2, -0.15) is 11.8 Å². The minimum absolute atomic E-state index is 0.164. The van der Waals surface area contributed by atoms with Crippen molar-refractivity contribution >= 4 is 17.7 Å². The summed E-state index contributed by atoms with van der Waals surface area (Å²) in [5.74, 6) is 1.79. The predicted octanol–water partition coefficient (Wildman–Crippen LogP) is 2.73. The van der Waals surface area contributed by atoms with Crippen LogP contribution in [0.3, 0.4) is 0 Å². The van der Waals surface area contributed by atoms with Crippen LogP contribution in [0.2, 0.25) is 0 Å². The molecular weight excluding hydrogens is 282 g/mol. The predicted molar refractivity (Wildman–Crippen MR) is 88.5 cm³/mol. The summed E-state index contributed by atoms with van der Waals surface area (Å²) in [6.45, 7) is 0.872. The molecule has 0 heterocycles. The first-order chi connectivity index (χ1) is 10.3. The maximum absolute atomic E-state index is 12.3. The van der Waals surface area contributed by atoms with Crippen molar-refractivity contribution in [2.45, 2.75) is 38.1 Å². The van der Waals surface area contributed by atoms with Gasteiger partial charge in [0, 0.05) is 19.2 Å². The van der Waals surface area contributed by atoms with Crippen molar-refractivity contribution in [2.24, 2.45) is 0 Å². The summed E-state index contributed by atoms with van der Waals surface area (Å²) in [6, 6.07) is 10.8. The molecule has 0 radical (unpaired) electrons. The zero-order valence-electron chi connectivity index (χ0n) is 12.5. The molecule has 0 atom stereocenters. The number of carbonyl (C=O) groups is 1. The third-order valence-electron chi connectivity index (χ3n) is 4.00. The van der Waals surface area contributed by atoms with Crippen LogP contribution in [0.15, 0.2) is 30.3 Å². The lowest BCUT2D eigenvalue weighted by Gasteiger charge is -2.37. The molecule has 21 heavy (non-hydrogen) atoms. The van der Waals surface area contributed by atoms with Gasteiger partial charge in [-0.05, 0) is 43.4 Å². The Morgan fingerprint density at radius 1 is 1.29 bits per heavy atom. The molecule has 0 unspecified atom stereocenters. The minimum Gasteiger partial charge on any atom is -0.396 e. The van der Waals surface area contributed by atoms with Crippen LogP contribution in [0, 0.1) is 0 Å². The third kappa shape index (κ3) is 5.36. The zero-order chi connectivity index (χ0) is 14.9. The first kappa shape index (κ1) is 16.4. The van der Waals surface area contributed by atoms with Crippen LogP contribution in [0.25, 0.3) is 0 Å². The Labute approximate surface area is 131 Å². The summed E-state index contributed by atoms with van der Waals surface area (Å²) in [4.78, 5) is 14.3. The summed E-state index contributed by atoms with van der Waals surface area (Å²) < 4.78 is 0. The van der Waals surface area contributed by atoms with E-state index in [1.54, 1.807) is 11.8 Å². The Kier molecular flexibility index (Phi) is 7.10. The fraction of sp³-hybridized carbons (Fsp3) is 0.588. The van der Waals surface area contributed by atoms with E-state index in [9.17, 15) is 4.79 Å². The standard InChI is InChI=1S/C17H25NO2S/c19-12-5-11-18(16-8-4-9-16)17(20)14-21-13-10-15-6-2-1-3-7-15/h1-3,6-7,16,19H,4-5,8-14H2. The number of hydrogen-bond donors (Lipinski definition) is 1. The molecular formula is C17H25NO2S. The molecule has 0 bridgehead atoms. The molecule has 0 saturated heterocycles. The highest BCUT2D eigenvalue weighted by Crippen LogP contribution is 2.25. The van der Waals surface area contributed by atoms with E-state index in [0.29, 0.717) is 24.8 Å². The van der Waals surface area contributed by atoms with E-state index >= 15 is 0 Å². The van der Waals surface area contributed by atoms with Gasteiger partial charge in [0.05, 0.1) is 5.75 Å². The van der Waals surface area contributed by atoms with Crippen LogP contribution >= 0.6 is 11.8 Å². The van der Waals surface area contributed by atoms with Crippen molar-refractivity contribution < 1.29 is 9.90 Å². The molecule has 1 amide bonds. The van der Waals surface area contributed by atoms with Crippen LogP contribution < -0.4 is 0 Å². The molecule has 1 aromatic rings. The molecule has 0 spiro atoms. The molecule has 1 aliphatic rings. The average Bonchev–Trinajstić information content (AvgIpc) is 2.46. The Balaban J connectivity index is 1.68. The Bertz CT molecular complexity index is 420. The van der Waals surface area contributed by atoms with Gasteiger partial charge < -0.3 is 10.0 Å². The normalized spacial score (nSPS) is 14.7. The van der Waals surface area contributed by atoms with E-state index in [1.807, 2.05) is 11.0 Å². The number of aliphatic hydroxyl groups excluding tert-OH is 1.